The molecular formula is C15H17N5O3. The molecular weight excluding hydrogens is 298 g/mol. The molecule has 0 saturated carbocycles. The van der Waals surface area contributed by atoms with Gasteiger partial charge in [0, 0.05) is 44.5 Å². The Bertz CT molecular complexity index is 717. The number of amides is 1. The van der Waals surface area contributed by atoms with Gasteiger partial charge in [0.05, 0.1) is 10.6 Å². The van der Waals surface area contributed by atoms with E-state index in [1.54, 1.807) is 34.0 Å². The molecule has 3 rings (SSSR count). The Morgan fingerprint density at radius 3 is 2.39 bits per heavy atom. The highest BCUT2D eigenvalue weighted by Crippen LogP contribution is 2.15. The van der Waals surface area contributed by atoms with Crippen LogP contribution < -0.4 is 0 Å². The van der Waals surface area contributed by atoms with Crippen LogP contribution in [0.1, 0.15) is 10.5 Å². The van der Waals surface area contributed by atoms with Gasteiger partial charge in [0.25, 0.3) is 11.6 Å². The molecule has 1 amide bonds. The van der Waals surface area contributed by atoms with E-state index in [1.807, 2.05) is 7.05 Å². The molecule has 1 aromatic heterocycles. The Kier molecular flexibility index (Phi) is 4.07. The molecule has 0 radical (unpaired) electrons. The molecule has 2 heterocycles. The SMILES string of the molecule is CN1CCN(C(=O)c2ccn(-c3ccc([N+](=O)[O-])cc3)n2)CC1. The minimum atomic E-state index is -0.449. The Hall–Kier alpha value is -2.74. The summed E-state index contributed by atoms with van der Waals surface area (Å²) in [5.74, 6) is -0.0845. The number of likely N-dealkylation sites (N-methyl/N-ethyl adjacent to an activating group) is 1. The number of rotatable bonds is 3. The highest BCUT2D eigenvalue weighted by molar-refractivity contribution is 5.92. The molecule has 0 bridgehead atoms. The van der Waals surface area contributed by atoms with Crippen LogP contribution in [0.2, 0.25) is 0 Å². The van der Waals surface area contributed by atoms with Gasteiger partial charge in [0.1, 0.15) is 0 Å². The zero-order chi connectivity index (χ0) is 16.4. The van der Waals surface area contributed by atoms with Crippen LogP contribution in [0.3, 0.4) is 0 Å². The molecule has 8 nitrogen and oxygen atoms in total. The summed E-state index contributed by atoms with van der Waals surface area (Å²) in [4.78, 5) is 26.6. The third kappa shape index (κ3) is 3.21. The Morgan fingerprint density at radius 1 is 1.13 bits per heavy atom. The van der Waals surface area contributed by atoms with Gasteiger partial charge in [-0.05, 0) is 25.2 Å². The van der Waals surface area contributed by atoms with E-state index >= 15 is 0 Å². The van der Waals surface area contributed by atoms with E-state index in [0.717, 1.165) is 13.1 Å². The summed E-state index contributed by atoms with van der Waals surface area (Å²) in [5, 5.41) is 15.0. The van der Waals surface area contributed by atoms with Gasteiger partial charge in [-0.2, -0.15) is 5.10 Å². The first kappa shape index (κ1) is 15.2. The van der Waals surface area contributed by atoms with Gasteiger partial charge in [-0.15, -0.1) is 0 Å². The minimum absolute atomic E-state index is 0.0228. The van der Waals surface area contributed by atoms with E-state index in [0.29, 0.717) is 24.5 Å². The smallest absolute Gasteiger partial charge is 0.274 e. The second-order valence-electron chi connectivity index (χ2n) is 5.51. The molecule has 1 aliphatic heterocycles. The molecule has 120 valence electrons. The summed E-state index contributed by atoms with van der Waals surface area (Å²) >= 11 is 0. The molecule has 1 fully saturated rings. The lowest BCUT2D eigenvalue weighted by Crippen LogP contribution is -2.47. The lowest BCUT2D eigenvalue weighted by molar-refractivity contribution is -0.384. The van der Waals surface area contributed by atoms with E-state index in [1.165, 1.54) is 12.1 Å². The Labute approximate surface area is 133 Å². The second-order valence-corrected chi connectivity index (χ2v) is 5.51. The Balaban J connectivity index is 1.74. The molecule has 0 aliphatic carbocycles. The summed E-state index contributed by atoms with van der Waals surface area (Å²) in [5.41, 5.74) is 1.08. The average molecular weight is 315 g/mol. The number of nitro groups is 1. The van der Waals surface area contributed by atoms with Gasteiger partial charge in [-0.25, -0.2) is 4.68 Å². The molecule has 0 spiro atoms. The number of carbonyl (C=O) groups is 1. The fourth-order valence-corrected chi connectivity index (χ4v) is 2.48. The van der Waals surface area contributed by atoms with Crippen molar-refractivity contribution in [1.29, 1.82) is 0 Å². The largest absolute Gasteiger partial charge is 0.335 e. The standard InChI is InChI=1S/C15H17N5O3/c1-17-8-10-18(11-9-17)15(21)14-6-7-19(16-14)12-2-4-13(5-3-12)20(22)23/h2-7H,8-11H2,1H3. The summed E-state index contributed by atoms with van der Waals surface area (Å²) < 4.78 is 1.55. The normalized spacial score (nSPS) is 15.6. The zero-order valence-corrected chi connectivity index (χ0v) is 12.8. The maximum atomic E-state index is 12.4. The van der Waals surface area contributed by atoms with Crippen LogP contribution in [-0.2, 0) is 0 Å². The number of carbonyl (C=O) groups excluding carboxylic acids is 1. The molecule has 0 atom stereocenters. The van der Waals surface area contributed by atoms with Gasteiger partial charge >= 0.3 is 0 Å². The monoisotopic (exact) mass is 315 g/mol. The van der Waals surface area contributed by atoms with Gasteiger partial charge in [0.15, 0.2) is 5.69 Å². The maximum absolute atomic E-state index is 12.4. The van der Waals surface area contributed by atoms with Crippen LogP contribution >= 0.6 is 0 Å². The summed E-state index contributed by atoms with van der Waals surface area (Å²) in [6.07, 6.45) is 1.68. The van der Waals surface area contributed by atoms with Gasteiger partial charge in [-0.3, -0.25) is 14.9 Å². The maximum Gasteiger partial charge on any atom is 0.274 e. The molecule has 23 heavy (non-hydrogen) atoms. The van der Waals surface area contributed by atoms with Crippen LogP contribution in [0.25, 0.3) is 5.69 Å². The fraction of sp³-hybridized carbons (Fsp3) is 0.333. The number of piperazine rings is 1. The quantitative estimate of drug-likeness (QED) is 0.627. The van der Waals surface area contributed by atoms with Crippen molar-refractivity contribution in [2.24, 2.45) is 0 Å². The number of non-ortho nitro benzene ring substituents is 1. The number of aromatic nitrogens is 2. The predicted octanol–water partition coefficient (Wildman–Crippen LogP) is 1.17. The molecule has 0 unspecified atom stereocenters. The van der Waals surface area contributed by atoms with E-state index in [-0.39, 0.29) is 11.6 Å². The molecule has 8 heteroatoms. The number of benzene rings is 1. The van der Waals surface area contributed by atoms with Gasteiger partial charge < -0.3 is 9.80 Å². The molecule has 0 N–H and O–H groups in total. The van der Waals surface area contributed by atoms with E-state index < -0.39 is 4.92 Å². The fourth-order valence-electron chi connectivity index (χ4n) is 2.48. The third-order valence-electron chi connectivity index (χ3n) is 3.92. The first-order valence-electron chi connectivity index (χ1n) is 7.33. The van der Waals surface area contributed by atoms with Gasteiger partial charge in [0.2, 0.25) is 0 Å². The van der Waals surface area contributed by atoms with Crippen molar-refractivity contribution in [3.8, 4) is 5.69 Å². The van der Waals surface area contributed by atoms with Crippen molar-refractivity contribution >= 4 is 11.6 Å². The van der Waals surface area contributed by atoms with Crippen molar-refractivity contribution < 1.29 is 9.72 Å². The Morgan fingerprint density at radius 2 is 1.78 bits per heavy atom. The van der Waals surface area contributed by atoms with Crippen LogP contribution in [0.15, 0.2) is 36.5 Å². The van der Waals surface area contributed by atoms with E-state index in [9.17, 15) is 14.9 Å². The van der Waals surface area contributed by atoms with Crippen LogP contribution in [-0.4, -0.2) is 63.6 Å². The summed E-state index contributed by atoms with van der Waals surface area (Å²) in [6, 6.07) is 7.71. The highest BCUT2D eigenvalue weighted by Gasteiger charge is 2.22. The van der Waals surface area contributed by atoms with Crippen molar-refractivity contribution in [1.82, 2.24) is 19.6 Å². The lowest BCUT2D eigenvalue weighted by atomic mass is 10.3. The van der Waals surface area contributed by atoms with Crippen molar-refractivity contribution in [2.75, 3.05) is 33.2 Å². The van der Waals surface area contributed by atoms with E-state index in [4.69, 9.17) is 0 Å². The van der Waals surface area contributed by atoms with Crippen LogP contribution in [0, 0.1) is 10.1 Å². The molecule has 1 aromatic carbocycles. The van der Waals surface area contributed by atoms with Crippen LogP contribution in [0.4, 0.5) is 5.69 Å². The van der Waals surface area contributed by atoms with Gasteiger partial charge in [-0.1, -0.05) is 0 Å². The van der Waals surface area contributed by atoms with Crippen molar-refractivity contribution in [3.63, 3.8) is 0 Å². The molecule has 2 aromatic rings. The number of hydrogen-bond acceptors (Lipinski definition) is 5. The van der Waals surface area contributed by atoms with Crippen molar-refractivity contribution in [3.05, 3.63) is 52.3 Å². The second kappa shape index (κ2) is 6.17. The third-order valence-corrected chi connectivity index (χ3v) is 3.92. The number of hydrogen-bond donors (Lipinski definition) is 0. The van der Waals surface area contributed by atoms with Crippen LogP contribution in [0.5, 0.6) is 0 Å². The average Bonchev–Trinajstić information content (AvgIpc) is 3.05. The predicted molar refractivity (Wildman–Crippen MR) is 83.6 cm³/mol. The summed E-state index contributed by atoms with van der Waals surface area (Å²) in [7, 11) is 2.03. The number of nitro benzene ring substituents is 1. The lowest BCUT2D eigenvalue weighted by Gasteiger charge is -2.31. The minimum Gasteiger partial charge on any atom is -0.335 e. The van der Waals surface area contributed by atoms with Crippen molar-refractivity contribution in [2.45, 2.75) is 0 Å². The number of nitrogens with zero attached hydrogens (tertiary/aromatic N) is 5. The molecule has 1 saturated heterocycles. The highest BCUT2D eigenvalue weighted by atomic mass is 16.6. The first-order valence-corrected chi connectivity index (χ1v) is 7.33. The first-order chi connectivity index (χ1) is 11.0. The zero-order valence-electron chi connectivity index (χ0n) is 12.8. The topological polar surface area (TPSA) is 84.5 Å². The summed E-state index contributed by atoms with van der Waals surface area (Å²) in [6.45, 7) is 3.10. The molecule has 1 aliphatic rings. The van der Waals surface area contributed by atoms with E-state index in [2.05, 4.69) is 10.00 Å².